The molecule has 2 aliphatic heterocycles. The number of esters is 1. The molecule has 200 valence electrons. The van der Waals surface area contributed by atoms with Gasteiger partial charge in [-0.1, -0.05) is 25.1 Å². The van der Waals surface area contributed by atoms with E-state index in [1.54, 1.807) is 44.2 Å². The maximum atomic E-state index is 14.6. The van der Waals surface area contributed by atoms with E-state index in [2.05, 4.69) is 9.71 Å². The number of benzene rings is 2. The van der Waals surface area contributed by atoms with Gasteiger partial charge in [0, 0.05) is 29.1 Å². The van der Waals surface area contributed by atoms with E-state index in [0.29, 0.717) is 33.5 Å². The van der Waals surface area contributed by atoms with Crippen LogP contribution in [0.4, 0.5) is 4.39 Å². The molecule has 9 nitrogen and oxygen atoms in total. The summed E-state index contributed by atoms with van der Waals surface area (Å²) in [5.41, 5.74) is 0.413. The van der Waals surface area contributed by atoms with Gasteiger partial charge in [0.05, 0.1) is 33.9 Å². The van der Waals surface area contributed by atoms with E-state index in [9.17, 15) is 27.5 Å². The quantitative estimate of drug-likeness (QED) is 0.323. The number of nitrogens with zero attached hydrogens (tertiary/aromatic N) is 2. The van der Waals surface area contributed by atoms with Gasteiger partial charge < -0.3 is 14.4 Å². The third kappa shape index (κ3) is 3.80. The minimum atomic E-state index is -3.88. The Kier molecular flexibility index (Phi) is 5.72. The first-order valence-corrected chi connectivity index (χ1v) is 13.9. The normalized spacial score (nSPS) is 18.0. The van der Waals surface area contributed by atoms with Crippen molar-refractivity contribution in [2.45, 2.75) is 50.5 Å². The number of carbonyl (C=O) groups is 1. The van der Waals surface area contributed by atoms with Gasteiger partial charge in [-0.05, 0) is 48.7 Å². The number of ether oxygens (including phenoxy) is 1. The number of aromatic nitrogens is 2. The highest BCUT2D eigenvalue weighted by Gasteiger charge is 2.45. The summed E-state index contributed by atoms with van der Waals surface area (Å²) in [4.78, 5) is 30.8. The lowest BCUT2D eigenvalue weighted by Gasteiger charge is -2.31. The lowest BCUT2D eigenvalue weighted by atomic mass is 9.86. The molecular formula is C28H24FN3O6S. The minimum absolute atomic E-state index is 0.00324. The fourth-order valence-corrected chi connectivity index (χ4v) is 6.36. The molecule has 4 heterocycles. The van der Waals surface area contributed by atoms with Crippen LogP contribution in [-0.4, -0.2) is 29.0 Å². The van der Waals surface area contributed by atoms with E-state index in [1.807, 2.05) is 0 Å². The molecule has 0 unspecified atom stereocenters. The highest BCUT2D eigenvalue weighted by molar-refractivity contribution is 7.89. The van der Waals surface area contributed by atoms with E-state index < -0.39 is 33.0 Å². The summed E-state index contributed by atoms with van der Waals surface area (Å²) in [7, 11) is -3.88. The van der Waals surface area contributed by atoms with Gasteiger partial charge in [0.15, 0.2) is 5.60 Å². The predicted octanol–water partition coefficient (Wildman–Crippen LogP) is 3.01. The molecule has 0 fully saturated rings. The number of hydrogen-bond donors (Lipinski definition) is 2. The van der Waals surface area contributed by atoms with Crippen LogP contribution in [0.5, 0.6) is 0 Å². The Bertz CT molecular complexity index is 1870. The van der Waals surface area contributed by atoms with Gasteiger partial charge in [-0.3, -0.25) is 4.79 Å². The van der Waals surface area contributed by atoms with Gasteiger partial charge >= 0.3 is 5.97 Å². The van der Waals surface area contributed by atoms with Crippen molar-refractivity contribution in [3.63, 3.8) is 0 Å². The van der Waals surface area contributed by atoms with E-state index >= 15 is 0 Å². The average molecular weight is 550 g/mol. The molecule has 4 aromatic rings. The molecule has 2 aromatic heterocycles. The van der Waals surface area contributed by atoms with Crippen molar-refractivity contribution >= 4 is 26.9 Å². The number of hydrogen-bond acceptors (Lipinski definition) is 7. The van der Waals surface area contributed by atoms with Gasteiger partial charge in [-0.25, -0.2) is 27.3 Å². The molecule has 2 aromatic carbocycles. The third-order valence-corrected chi connectivity index (χ3v) is 9.00. The predicted molar refractivity (Wildman–Crippen MR) is 140 cm³/mol. The SMILES string of the molecule is CC[C@@]1(O)C(=O)OCc2c1cc1n(c2=O)Cc2c-1nc1cc(F)c(C)cc1c2CNS(=O)(=O)c1ccccc1. The van der Waals surface area contributed by atoms with Crippen molar-refractivity contribution in [2.24, 2.45) is 0 Å². The molecule has 0 radical (unpaired) electrons. The Labute approximate surface area is 222 Å². The summed E-state index contributed by atoms with van der Waals surface area (Å²) < 4.78 is 49.9. The Morgan fingerprint density at radius 1 is 1.15 bits per heavy atom. The summed E-state index contributed by atoms with van der Waals surface area (Å²) in [5.74, 6) is -1.31. The Balaban J connectivity index is 1.56. The first-order valence-electron chi connectivity index (χ1n) is 12.4. The number of halogens is 1. The topological polar surface area (TPSA) is 128 Å². The molecular weight excluding hydrogens is 525 g/mol. The summed E-state index contributed by atoms with van der Waals surface area (Å²) in [6.45, 7) is 2.90. The molecule has 0 saturated heterocycles. The molecule has 0 spiro atoms. The highest BCUT2D eigenvalue weighted by atomic mass is 32.2. The molecule has 6 rings (SSSR count). The number of sulfonamides is 1. The van der Waals surface area contributed by atoms with E-state index in [4.69, 9.17) is 4.74 Å². The fraction of sp³-hybridized carbons (Fsp3) is 0.250. The zero-order valence-corrected chi connectivity index (χ0v) is 21.9. The van der Waals surface area contributed by atoms with Gasteiger partial charge in [-0.2, -0.15) is 0 Å². The number of aliphatic hydroxyl groups is 1. The van der Waals surface area contributed by atoms with Crippen LogP contribution in [0.15, 0.2) is 58.2 Å². The second-order valence-corrected chi connectivity index (χ2v) is 11.5. The van der Waals surface area contributed by atoms with Crippen LogP contribution < -0.4 is 10.3 Å². The number of cyclic esters (lactones) is 1. The van der Waals surface area contributed by atoms with E-state index in [0.717, 1.165) is 0 Å². The second-order valence-electron chi connectivity index (χ2n) is 9.78. The smallest absolute Gasteiger partial charge is 0.343 e. The van der Waals surface area contributed by atoms with Crippen molar-refractivity contribution in [1.82, 2.24) is 14.3 Å². The first kappa shape index (κ1) is 25.4. The van der Waals surface area contributed by atoms with Gasteiger partial charge in [0.25, 0.3) is 5.56 Å². The number of nitrogens with one attached hydrogen (secondary N) is 1. The molecule has 2 N–H and O–H groups in total. The molecule has 2 aliphatic rings. The number of fused-ring (bicyclic) bond motifs is 5. The van der Waals surface area contributed by atoms with Crippen LogP contribution in [-0.2, 0) is 44.9 Å². The Morgan fingerprint density at radius 2 is 1.90 bits per heavy atom. The zero-order valence-electron chi connectivity index (χ0n) is 21.1. The maximum Gasteiger partial charge on any atom is 0.343 e. The Morgan fingerprint density at radius 3 is 2.62 bits per heavy atom. The zero-order chi connectivity index (χ0) is 27.7. The molecule has 0 bridgehead atoms. The molecule has 0 amide bonds. The standard InChI is InChI=1S/C28H24FN3O6S/c1-3-28(35)21-10-24-25-19(13-32(24)26(33)20(21)14-38-27(28)34)18(17-9-15(2)22(29)11-23(17)31-25)12-30-39(36,37)16-7-5-4-6-8-16/h4-11,30,35H,3,12-14H2,1-2H3/t28-/m0/s1. The second kappa shape index (κ2) is 8.80. The number of aryl methyl sites for hydroxylation is 1. The van der Waals surface area contributed by atoms with Gasteiger partial charge in [0.1, 0.15) is 12.4 Å². The molecule has 0 saturated carbocycles. The third-order valence-electron chi connectivity index (χ3n) is 7.58. The lowest BCUT2D eigenvalue weighted by Crippen LogP contribution is -2.44. The maximum absolute atomic E-state index is 14.6. The van der Waals surface area contributed by atoms with Crippen LogP contribution in [0.2, 0.25) is 0 Å². The monoisotopic (exact) mass is 549 g/mol. The van der Waals surface area contributed by atoms with E-state index in [-0.39, 0.29) is 47.7 Å². The van der Waals surface area contributed by atoms with Crippen molar-refractivity contribution in [2.75, 3.05) is 0 Å². The number of pyridine rings is 2. The van der Waals surface area contributed by atoms with Crippen molar-refractivity contribution in [3.05, 3.63) is 92.5 Å². The van der Waals surface area contributed by atoms with Crippen LogP contribution in [0, 0.1) is 12.7 Å². The summed E-state index contributed by atoms with van der Waals surface area (Å²) in [6.07, 6.45) is -0.00324. The van der Waals surface area contributed by atoms with E-state index in [1.165, 1.54) is 22.8 Å². The van der Waals surface area contributed by atoms with Crippen LogP contribution in [0.3, 0.4) is 0 Å². The molecule has 1 atom stereocenters. The van der Waals surface area contributed by atoms with Crippen LogP contribution in [0.25, 0.3) is 22.3 Å². The molecule has 11 heteroatoms. The summed E-state index contributed by atoms with van der Waals surface area (Å²) in [5, 5.41) is 11.7. The Hall–Kier alpha value is -3.93. The van der Waals surface area contributed by atoms with Crippen molar-refractivity contribution in [1.29, 1.82) is 0 Å². The molecule has 0 aliphatic carbocycles. The molecule has 39 heavy (non-hydrogen) atoms. The summed E-state index contributed by atoms with van der Waals surface area (Å²) >= 11 is 0. The summed E-state index contributed by atoms with van der Waals surface area (Å²) in [6, 6.07) is 12.4. The minimum Gasteiger partial charge on any atom is -0.458 e. The fourth-order valence-electron chi connectivity index (χ4n) is 5.34. The first-order chi connectivity index (χ1) is 18.5. The van der Waals surface area contributed by atoms with Gasteiger partial charge in [0.2, 0.25) is 10.0 Å². The van der Waals surface area contributed by atoms with Crippen molar-refractivity contribution < 1.29 is 27.4 Å². The number of rotatable bonds is 5. The van der Waals surface area contributed by atoms with Crippen LogP contribution >= 0.6 is 0 Å². The average Bonchev–Trinajstić information content (AvgIpc) is 3.29. The highest BCUT2D eigenvalue weighted by Crippen LogP contribution is 2.40. The number of carbonyl (C=O) groups excluding carboxylic acids is 1. The van der Waals surface area contributed by atoms with Crippen LogP contribution in [0.1, 0.15) is 41.2 Å². The largest absolute Gasteiger partial charge is 0.458 e. The lowest BCUT2D eigenvalue weighted by molar-refractivity contribution is -0.172. The van der Waals surface area contributed by atoms with Gasteiger partial charge in [-0.15, -0.1) is 0 Å². The van der Waals surface area contributed by atoms with Crippen molar-refractivity contribution in [3.8, 4) is 11.4 Å².